The molecule has 0 radical (unpaired) electrons. The van der Waals surface area contributed by atoms with E-state index in [0.717, 1.165) is 13.0 Å². The van der Waals surface area contributed by atoms with Crippen molar-refractivity contribution in [2.24, 2.45) is 0 Å². The molecular formula is C15H26N4S. The Hall–Kier alpha value is -0.490. The fraction of sp³-hybridized carbons (Fsp3) is 0.800. The highest BCUT2D eigenvalue weighted by Crippen LogP contribution is 2.23. The second-order valence-corrected chi connectivity index (χ2v) is 7.31. The van der Waals surface area contributed by atoms with E-state index in [0.29, 0.717) is 12.1 Å². The van der Waals surface area contributed by atoms with Crippen LogP contribution in [0.25, 0.3) is 0 Å². The molecule has 20 heavy (non-hydrogen) atoms. The van der Waals surface area contributed by atoms with Crippen LogP contribution in [0.1, 0.15) is 22.5 Å². The first-order valence-corrected chi connectivity index (χ1v) is 8.61. The van der Waals surface area contributed by atoms with Gasteiger partial charge in [-0.25, -0.2) is 4.98 Å². The molecule has 3 saturated heterocycles. The third kappa shape index (κ3) is 2.91. The average Bonchev–Trinajstić information content (AvgIpc) is 2.78. The molecule has 112 valence electrons. The molecule has 0 amide bonds. The second-order valence-electron chi connectivity index (χ2n) is 6.02. The summed E-state index contributed by atoms with van der Waals surface area (Å²) in [6.07, 6.45) is 1.07. The Bertz CT molecular complexity index is 431. The van der Waals surface area contributed by atoms with Gasteiger partial charge in [-0.3, -0.25) is 9.80 Å². The van der Waals surface area contributed by atoms with E-state index in [1.54, 1.807) is 0 Å². The Morgan fingerprint density at radius 3 is 2.55 bits per heavy atom. The molecule has 2 unspecified atom stereocenters. The Labute approximate surface area is 126 Å². The largest absolute Gasteiger partial charge is 0.312 e. The lowest BCUT2D eigenvalue weighted by Gasteiger charge is -2.50. The fourth-order valence-electron chi connectivity index (χ4n) is 3.46. The van der Waals surface area contributed by atoms with Crippen LogP contribution in [0.5, 0.6) is 0 Å². The molecular weight excluding hydrogens is 268 g/mol. The molecule has 0 spiro atoms. The van der Waals surface area contributed by atoms with Crippen molar-refractivity contribution in [3.8, 4) is 0 Å². The zero-order chi connectivity index (χ0) is 14.1. The van der Waals surface area contributed by atoms with Crippen molar-refractivity contribution in [1.29, 1.82) is 0 Å². The molecule has 4 nitrogen and oxygen atoms in total. The number of nitrogens with zero attached hydrogens (tertiary/aromatic N) is 3. The number of aromatic nitrogens is 1. The highest BCUT2D eigenvalue weighted by molar-refractivity contribution is 7.11. The monoisotopic (exact) mass is 294 g/mol. The Balaban J connectivity index is 1.72. The molecule has 4 heterocycles. The minimum Gasteiger partial charge on any atom is -0.312 e. The predicted molar refractivity (Wildman–Crippen MR) is 84.6 cm³/mol. The van der Waals surface area contributed by atoms with Gasteiger partial charge in [0.05, 0.1) is 10.7 Å². The van der Waals surface area contributed by atoms with E-state index in [1.165, 1.54) is 48.3 Å². The molecule has 3 fully saturated rings. The number of piperazine rings is 3. The lowest BCUT2D eigenvalue weighted by molar-refractivity contribution is -0.00289. The first-order chi connectivity index (χ1) is 9.67. The molecule has 5 heteroatoms. The minimum absolute atomic E-state index is 0.535. The topological polar surface area (TPSA) is 31.4 Å². The smallest absolute Gasteiger partial charge is 0.0947 e. The van der Waals surface area contributed by atoms with Crippen molar-refractivity contribution in [1.82, 2.24) is 20.1 Å². The molecule has 1 N–H and O–H groups in total. The van der Waals surface area contributed by atoms with Crippen molar-refractivity contribution in [2.45, 2.75) is 39.3 Å². The van der Waals surface area contributed by atoms with Crippen molar-refractivity contribution in [3.63, 3.8) is 0 Å². The third-order valence-corrected chi connectivity index (χ3v) is 5.81. The van der Waals surface area contributed by atoms with Crippen molar-refractivity contribution < 1.29 is 0 Å². The molecule has 2 atom stereocenters. The summed E-state index contributed by atoms with van der Waals surface area (Å²) in [4.78, 5) is 11.4. The molecule has 1 aromatic heterocycles. The maximum Gasteiger partial charge on any atom is 0.0947 e. The highest BCUT2D eigenvalue weighted by Gasteiger charge is 2.36. The normalized spacial score (nSPS) is 30.6. The lowest BCUT2D eigenvalue weighted by atomic mass is 9.97. The first-order valence-electron chi connectivity index (χ1n) is 7.80. The van der Waals surface area contributed by atoms with E-state index in [4.69, 9.17) is 4.98 Å². The SMILES string of the molecule is CCNC(Cc1nc(C)c(C)s1)C1CN2CCN1CC2. The summed E-state index contributed by atoms with van der Waals surface area (Å²) < 4.78 is 0. The Kier molecular flexibility index (Phi) is 4.40. The first kappa shape index (κ1) is 14.4. The van der Waals surface area contributed by atoms with Crippen LogP contribution in [0.3, 0.4) is 0 Å². The van der Waals surface area contributed by atoms with Crippen LogP contribution in [0.4, 0.5) is 0 Å². The van der Waals surface area contributed by atoms with Gasteiger partial charge < -0.3 is 5.32 Å². The number of fused-ring (bicyclic) bond motifs is 3. The molecule has 2 bridgehead atoms. The number of nitrogens with one attached hydrogen (secondary N) is 1. The molecule has 3 aliphatic heterocycles. The zero-order valence-electron chi connectivity index (χ0n) is 12.9. The Morgan fingerprint density at radius 1 is 1.30 bits per heavy atom. The number of likely N-dealkylation sites (N-methyl/N-ethyl adjacent to an activating group) is 1. The van der Waals surface area contributed by atoms with E-state index in [1.807, 2.05) is 11.3 Å². The molecule has 3 aliphatic rings. The quantitative estimate of drug-likeness (QED) is 0.886. The van der Waals surface area contributed by atoms with Crippen LogP contribution in [0.2, 0.25) is 0 Å². The van der Waals surface area contributed by atoms with E-state index in [2.05, 4.69) is 35.9 Å². The lowest BCUT2D eigenvalue weighted by Crippen LogP contribution is -2.66. The Morgan fingerprint density at radius 2 is 2.05 bits per heavy atom. The van der Waals surface area contributed by atoms with Gasteiger partial charge in [0.25, 0.3) is 0 Å². The van der Waals surface area contributed by atoms with Crippen LogP contribution >= 0.6 is 11.3 Å². The van der Waals surface area contributed by atoms with Crippen LogP contribution in [-0.4, -0.2) is 66.1 Å². The van der Waals surface area contributed by atoms with Crippen LogP contribution in [-0.2, 0) is 6.42 Å². The summed E-state index contributed by atoms with van der Waals surface area (Å²) in [5.41, 5.74) is 1.20. The average molecular weight is 294 g/mol. The summed E-state index contributed by atoms with van der Waals surface area (Å²) in [5, 5.41) is 5.01. The van der Waals surface area contributed by atoms with Gasteiger partial charge in [0, 0.05) is 56.1 Å². The van der Waals surface area contributed by atoms with Gasteiger partial charge in [-0.2, -0.15) is 0 Å². The van der Waals surface area contributed by atoms with Crippen LogP contribution < -0.4 is 5.32 Å². The minimum atomic E-state index is 0.535. The van der Waals surface area contributed by atoms with Crippen LogP contribution in [0, 0.1) is 13.8 Å². The molecule has 0 aliphatic carbocycles. The van der Waals surface area contributed by atoms with Gasteiger partial charge in [-0.05, 0) is 20.4 Å². The van der Waals surface area contributed by atoms with Gasteiger partial charge >= 0.3 is 0 Å². The van der Waals surface area contributed by atoms with E-state index < -0.39 is 0 Å². The summed E-state index contributed by atoms with van der Waals surface area (Å²) in [5.74, 6) is 0. The summed E-state index contributed by atoms with van der Waals surface area (Å²) in [7, 11) is 0. The molecule has 0 aromatic carbocycles. The van der Waals surface area contributed by atoms with E-state index in [9.17, 15) is 0 Å². The van der Waals surface area contributed by atoms with E-state index in [-0.39, 0.29) is 0 Å². The van der Waals surface area contributed by atoms with Crippen molar-refractivity contribution in [2.75, 3.05) is 39.3 Å². The number of hydrogen-bond donors (Lipinski definition) is 1. The molecule has 1 aromatic rings. The van der Waals surface area contributed by atoms with Crippen molar-refractivity contribution in [3.05, 3.63) is 15.6 Å². The maximum atomic E-state index is 4.74. The summed E-state index contributed by atoms with van der Waals surface area (Å²) in [6.45, 7) is 13.8. The summed E-state index contributed by atoms with van der Waals surface area (Å²) >= 11 is 1.87. The maximum absolute atomic E-state index is 4.74. The van der Waals surface area contributed by atoms with Gasteiger partial charge in [0.2, 0.25) is 0 Å². The number of aryl methyl sites for hydroxylation is 2. The predicted octanol–water partition coefficient (Wildman–Crippen LogP) is 1.28. The van der Waals surface area contributed by atoms with Crippen LogP contribution in [0.15, 0.2) is 0 Å². The second kappa shape index (κ2) is 6.10. The van der Waals surface area contributed by atoms with Gasteiger partial charge in [-0.15, -0.1) is 11.3 Å². The van der Waals surface area contributed by atoms with Gasteiger partial charge in [0.1, 0.15) is 0 Å². The zero-order valence-corrected chi connectivity index (χ0v) is 13.7. The van der Waals surface area contributed by atoms with Gasteiger partial charge in [-0.1, -0.05) is 6.92 Å². The molecule has 4 rings (SSSR count). The number of hydrogen-bond acceptors (Lipinski definition) is 5. The van der Waals surface area contributed by atoms with E-state index >= 15 is 0 Å². The fourth-order valence-corrected chi connectivity index (χ4v) is 4.45. The highest BCUT2D eigenvalue weighted by atomic mass is 32.1. The number of thiazole rings is 1. The standard InChI is InChI=1S/C15H26N4S/c1-4-16-13(9-15-17-11(2)12(3)20-15)14-10-18-5-7-19(14)8-6-18/h13-14,16H,4-10H2,1-3H3. The van der Waals surface area contributed by atoms with Crippen molar-refractivity contribution >= 4 is 11.3 Å². The third-order valence-electron chi connectivity index (χ3n) is 4.72. The van der Waals surface area contributed by atoms with Gasteiger partial charge in [0.15, 0.2) is 0 Å². The number of rotatable bonds is 5. The summed E-state index contributed by atoms with van der Waals surface area (Å²) in [6, 6.07) is 1.19. The molecule has 0 saturated carbocycles.